The maximum atomic E-state index is 13.1. The molecule has 0 saturated heterocycles. The lowest BCUT2D eigenvalue weighted by Gasteiger charge is -2.05. The van der Waals surface area contributed by atoms with Crippen molar-refractivity contribution in [1.29, 1.82) is 0 Å². The number of hydrogen-bond acceptors (Lipinski definition) is 3. The number of halogens is 2. The molecule has 0 fully saturated rings. The molecule has 1 aromatic carbocycles. The summed E-state index contributed by atoms with van der Waals surface area (Å²) in [5, 5.41) is 2.87. The number of benzene rings is 1. The largest absolute Gasteiger partial charge is 0.373 e. The van der Waals surface area contributed by atoms with E-state index < -0.39 is 11.6 Å². The second-order valence-electron chi connectivity index (χ2n) is 3.63. The SMILES string of the molecule is CNc1cc(C)nc(-c2cc(F)cc(F)c2)n1. The molecule has 88 valence electrons. The Bertz CT molecular complexity index is 535. The van der Waals surface area contributed by atoms with Crippen LogP contribution in [0.15, 0.2) is 24.3 Å². The molecule has 1 heterocycles. The van der Waals surface area contributed by atoms with Gasteiger partial charge in [0.2, 0.25) is 0 Å². The molecule has 0 atom stereocenters. The Morgan fingerprint density at radius 2 is 1.65 bits per heavy atom. The van der Waals surface area contributed by atoms with Crippen LogP contribution in [0.25, 0.3) is 11.4 Å². The van der Waals surface area contributed by atoms with E-state index in [0.717, 1.165) is 11.8 Å². The van der Waals surface area contributed by atoms with E-state index in [4.69, 9.17) is 0 Å². The van der Waals surface area contributed by atoms with E-state index in [1.807, 2.05) is 0 Å². The molecule has 5 heteroatoms. The Morgan fingerprint density at radius 1 is 1.00 bits per heavy atom. The van der Waals surface area contributed by atoms with Crippen molar-refractivity contribution in [2.45, 2.75) is 6.92 Å². The van der Waals surface area contributed by atoms with Gasteiger partial charge in [-0.25, -0.2) is 18.7 Å². The molecule has 0 amide bonds. The molecule has 3 nitrogen and oxygen atoms in total. The number of aromatic nitrogens is 2. The first-order chi connectivity index (χ1) is 8.08. The van der Waals surface area contributed by atoms with Gasteiger partial charge in [-0.2, -0.15) is 0 Å². The first kappa shape index (κ1) is 11.4. The topological polar surface area (TPSA) is 37.8 Å². The van der Waals surface area contributed by atoms with Crippen molar-refractivity contribution in [1.82, 2.24) is 9.97 Å². The quantitative estimate of drug-likeness (QED) is 0.869. The first-order valence-electron chi connectivity index (χ1n) is 5.08. The molecule has 0 aliphatic rings. The predicted octanol–water partition coefficient (Wildman–Crippen LogP) is 2.77. The molecule has 0 aliphatic carbocycles. The van der Waals surface area contributed by atoms with Gasteiger partial charge in [0.15, 0.2) is 5.82 Å². The minimum atomic E-state index is -0.642. The van der Waals surface area contributed by atoms with Gasteiger partial charge in [0.05, 0.1) is 0 Å². The summed E-state index contributed by atoms with van der Waals surface area (Å²) >= 11 is 0. The summed E-state index contributed by atoms with van der Waals surface area (Å²) in [4.78, 5) is 8.30. The summed E-state index contributed by atoms with van der Waals surface area (Å²) in [5.41, 5.74) is 1.05. The van der Waals surface area contributed by atoms with E-state index in [9.17, 15) is 8.78 Å². The fourth-order valence-corrected chi connectivity index (χ4v) is 1.51. The molecule has 2 aromatic rings. The second kappa shape index (κ2) is 4.45. The van der Waals surface area contributed by atoms with Crippen LogP contribution in [-0.4, -0.2) is 17.0 Å². The van der Waals surface area contributed by atoms with Crippen molar-refractivity contribution in [2.75, 3.05) is 12.4 Å². The standard InChI is InChI=1S/C12H11F2N3/c1-7-3-11(15-2)17-12(16-7)8-4-9(13)6-10(14)5-8/h3-6H,1-2H3,(H,15,16,17). The Hall–Kier alpha value is -2.04. The lowest BCUT2D eigenvalue weighted by Crippen LogP contribution is -1.99. The molecule has 1 N–H and O–H groups in total. The van der Waals surface area contributed by atoms with Gasteiger partial charge in [-0.1, -0.05) is 0 Å². The lowest BCUT2D eigenvalue weighted by atomic mass is 10.2. The van der Waals surface area contributed by atoms with Crippen LogP contribution in [0.2, 0.25) is 0 Å². The Balaban J connectivity index is 2.55. The molecule has 0 aliphatic heterocycles. The predicted molar refractivity (Wildman–Crippen MR) is 61.7 cm³/mol. The molecule has 2 rings (SSSR count). The fourth-order valence-electron chi connectivity index (χ4n) is 1.51. The van der Waals surface area contributed by atoms with Gasteiger partial charge in [0.1, 0.15) is 17.5 Å². The number of anilines is 1. The number of aryl methyl sites for hydroxylation is 1. The van der Waals surface area contributed by atoms with Crippen molar-refractivity contribution in [3.63, 3.8) is 0 Å². The number of nitrogens with one attached hydrogen (secondary N) is 1. The van der Waals surface area contributed by atoms with Crippen LogP contribution in [-0.2, 0) is 0 Å². The van der Waals surface area contributed by atoms with Crippen LogP contribution in [0, 0.1) is 18.6 Å². The Kier molecular flexibility index (Phi) is 2.99. The zero-order chi connectivity index (χ0) is 12.4. The average molecular weight is 235 g/mol. The van der Waals surface area contributed by atoms with Crippen LogP contribution >= 0.6 is 0 Å². The van der Waals surface area contributed by atoms with Crippen molar-refractivity contribution in [3.05, 3.63) is 41.6 Å². The van der Waals surface area contributed by atoms with Gasteiger partial charge in [0.25, 0.3) is 0 Å². The van der Waals surface area contributed by atoms with Crippen LogP contribution in [0.5, 0.6) is 0 Å². The highest BCUT2D eigenvalue weighted by Gasteiger charge is 2.07. The highest BCUT2D eigenvalue weighted by Crippen LogP contribution is 2.20. The zero-order valence-electron chi connectivity index (χ0n) is 9.46. The summed E-state index contributed by atoms with van der Waals surface area (Å²) in [6.07, 6.45) is 0. The summed E-state index contributed by atoms with van der Waals surface area (Å²) in [7, 11) is 1.72. The summed E-state index contributed by atoms with van der Waals surface area (Å²) in [6, 6.07) is 4.98. The van der Waals surface area contributed by atoms with Gasteiger partial charge in [-0.05, 0) is 19.1 Å². The minimum Gasteiger partial charge on any atom is -0.373 e. The van der Waals surface area contributed by atoms with E-state index in [1.54, 1.807) is 20.0 Å². The van der Waals surface area contributed by atoms with Crippen molar-refractivity contribution in [2.24, 2.45) is 0 Å². The molecule has 17 heavy (non-hydrogen) atoms. The Morgan fingerprint density at radius 3 is 2.24 bits per heavy atom. The highest BCUT2D eigenvalue weighted by atomic mass is 19.1. The molecular formula is C12H11F2N3. The van der Waals surface area contributed by atoms with Crippen molar-refractivity contribution < 1.29 is 8.78 Å². The third-order valence-corrected chi connectivity index (χ3v) is 2.23. The van der Waals surface area contributed by atoms with Crippen LogP contribution in [0.4, 0.5) is 14.6 Å². The third-order valence-electron chi connectivity index (χ3n) is 2.23. The lowest BCUT2D eigenvalue weighted by molar-refractivity contribution is 0.584. The monoisotopic (exact) mass is 235 g/mol. The molecule has 1 aromatic heterocycles. The smallest absolute Gasteiger partial charge is 0.161 e. The summed E-state index contributed by atoms with van der Waals surface area (Å²) in [6.45, 7) is 1.79. The van der Waals surface area contributed by atoms with Gasteiger partial charge < -0.3 is 5.32 Å². The maximum absolute atomic E-state index is 13.1. The molecule has 0 spiro atoms. The van der Waals surface area contributed by atoms with E-state index >= 15 is 0 Å². The molecule has 0 unspecified atom stereocenters. The fraction of sp³-hybridized carbons (Fsp3) is 0.167. The van der Waals surface area contributed by atoms with Crippen molar-refractivity contribution in [3.8, 4) is 11.4 Å². The van der Waals surface area contributed by atoms with Gasteiger partial charge in [-0.3, -0.25) is 0 Å². The number of rotatable bonds is 2. The highest BCUT2D eigenvalue weighted by molar-refractivity contribution is 5.57. The van der Waals surface area contributed by atoms with Crippen LogP contribution in [0.3, 0.4) is 0 Å². The van der Waals surface area contributed by atoms with E-state index in [1.165, 1.54) is 12.1 Å². The third kappa shape index (κ3) is 2.55. The molecular weight excluding hydrogens is 224 g/mol. The molecule has 0 saturated carbocycles. The number of hydrogen-bond donors (Lipinski definition) is 1. The second-order valence-corrected chi connectivity index (χ2v) is 3.63. The number of nitrogens with zero attached hydrogens (tertiary/aromatic N) is 2. The van der Waals surface area contributed by atoms with Crippen LogP contribution in [0.1, 0.15) is 5.69 Å². The zero-order valence-corrected chi connectivity index (χ0v) is 9.46. The van der Waals surface area contributed by atoms with Crippen molar-refractivity contribution >= 4 is 5.82 Å². The maximum Gasteiger partial charge on any atom is 0.161 e. The molecule has 0 radical (unpaired) electrons. The average Bonchev–Trinajstić information content (AvgIpc) is 2.26. The van der Waals surface area contributed by atoms with Gasteiger partial charge in [-0.15, -0.1) is 0 Å². The Labute approximate surface area is 97.5 Å². The van der Waals surface area contributed by atoms with Gasteiger partial charge >= 0.3 is 0 Å². The van der Waals surface area contributed by atoms with E-state index in [-0.39, 0.29) is 0 Å². The van der Waals surface area contributed by atoms with Crippen LogP contribution < -0.4 is 5.32 Å². The minimum absolute atomic E-state index is 0.299. The first-order valence-corrected chi connectivity index (χ1v) is 5.08. The van der Waals surface area contributed by atoms with Gasteiger partial charge in [0, 0.05) is 30.4 Å². The summed E-state index contributed by atoms with van der Waals surface area (Å²) in [5.74, 6) is -0.378. The van der Waals surface area contributed by atoms with E-state index in [2.05, 4.69) is 15.3 Å². The normalized spacial score (nSPS) is 10.4. The van der Waals surface area contributed by atoms with E-state index in [0.29, 0.717) is 17.2 Å². The summed E-state index contributed by atoms with van der Waals surface area (Å²) < 4.78 is 26.2. The molecule has 0 bridgehead atoms.